The molecule has 0 radical (unpaired) electrons. The Morgan fingerprint density at radius 3 is 2.12 bits per heavy atom. The van der Waals surface area contributed by atoms with Gasteiger partial charge in [-0.15, -0.1) is 0 Å². The number of carbonyl (C=O) groups excluding carboxylic acids is 1. The third-order valence-corrected chi connectivity index (χ3v) is 3.30. The monoisotopic (exact) mass is 229 g/mol. The van der Waals surface area contributed by atoms with Crippen molar-refractivity contribution in [3.05, 3.63) is 0 Å². The van der Waals surface area contributed by atoms with E-state index in [1.54, 1.807) is 0 Å². The lowest BCUT2D eigenvalue weighted by Crippen LogP contribution is -2.48. The van der Waals surface area contributed by atoms with Gasteiger partial charge in [-0.05, 0) is 32.7 Å². The van der Waals surface area contributed by atoms with Crippen molar-refractivity contribution < 1.29 is 9.53 Å². The van der Waals surface area contributed by atoms with Gasteiger partial charge in [0, 0.05) is 6.04 Å². The minimum Gasteiger partial charge on any atom is -0.465 e. The zero-order valence-corrected chi connectivity index (χ0v) is 11.8. The summed E-state index contributed by atoms with van der Waals surface area (Å²) in [5, 5.41) is 0. The molecule has 0 amide bonds. The number of esters is 1. The van der Waals surface area contributed by atoms with E-state index in [2.05, 4.69) is 32.6 Å². The van der Waals surface area contributed by atoms with Crippen LogP contribution in [0.1, 0.15) is 48.0 Å². The van der Waals surface area contributed by atoms with Crippen molar-refractivity contribution >= 4 is 5.97 Å². The zero-order valence-electron chi connectivity index (χ0n) is 11.8. The molecule has 0 saturated heterocycles. The summed E-state index contributed by atoms with van der Waals surface area (Å²) in [4.78, 5) is 13.9. The van der Waals surface area contributed by atoms with E-state index in [4.69, 9.17) is 4.74 Å². The maximum Gasteiger partial charge on any atom is 0.323 e. The molecule has 0 spiro atoms. The van der Waals surface area contributed by atoms with E-state index in [0.29, 0.717) is 12.6 Å². The van der Waals surface area contributed by atoms with Crippen molar-refractivity contribution in [2.75, 3.05) is 13.7 Å². The Morgan fingerprint density at radius 2 is 1.81 bits per heavy atom. The van der Waals surface area contributed by atoms with Gasteiger partial charge >= 0.3 is 5.97 Å². The van der Waals surface area contributed by atoms with Crippen LogP contribution in [0.25, 0.3) is 0 Å². The SMILES string of the molecule is CCOC(=O)C(CC)N(C)C(C)C(C)(C)C. The second-order valence-electron chi connectivity index (χ2n) is 5.38. The summed E-state index contributed by atoms with van der Waals surface area (Å²) in [6.45, 7) is 13.0. The number of ether oxygens (including phenoxy) is 1. The lowest BCUT2D eigenvalue weighted by Gasteiger charge is -2.38. The normalized spacial score (nSPS) is 16.0. The average molecular weight is 229 g/mol. The van der Waals surface area contributed by atoms with E-state index in [1.807, 2.05) is 20.9 Å². The molecule has 0 aromatic carbocycles. The van der Waals surface area contributed by atoms with Crippen LogP contribution in [0.5, 0.6) is 0 Å². The van der Waals surface area contributed by atoms with Gasteiger partial charge in [-0.25, -0.2) is 0 Å². The molecule has 0 aromatic rings. The molecule has 0 N–H and O–H groups in total. The van der Waals surface area contributed by atoms with Crippen LogP contribution >= 0.6 is 0 Å². The summed E-state index contributed by atoms with van der Waals surface area (Å²) in [6.07, 6.45) is 0.787. The summed E-state index contributed by atoms with van der Waals surface area (Å²) in [5.41, 5.74) is 0.161. The van der Waals surface area contributed by atoms with Crippen LogP contribution in [0.3, 0.4) is 0 Å². The molecule has 0 saturated carbocycles. The first kappa shape index (κ1) is 15.4. The first-order valence-corrected chi connectivity index (χ1v) is 6.14. The van der Waals surface area contributed by atoms with Gasteiger partial charge in [-0.3, -0.25) is 9.69 Å². The first-order chi connectivity index (χ1) is 7.25. The zero-order chi connectivity index (χ0) is 12.9. The molecule has 0 bridgehead atoms. The molecule has 0 heterocycles. The molecule has 16 heavy (non-hydrogen) atoms. The molecule has 0 aromatic heterocycles. The topological polar surface area (TPSA) is 29.5 Å². The highest BCUT2D eigenvalue weighted by molar-refractivity contribution is 5.75. The van der Waals surface area contributed by atoms with Crippen molar-refractivity contribution in [2.45, 2.75) is 60.0 Å². The molecule has 3 nitrogen and oxygen atoms in total. The van der Waals surface area contributed by atoms with Gasteiger partial charge < -0.3 is 4.74 Å². The second kappa shape index (κ2) is 6.24. The Kier molecular flexibility index (Phi) is 6.01. The van der Waals surface area contributed by atoms with Crippen LogP contribution in [-0.2, 0) is 9.53 Å². The Labute approximate surface area is 100 Å². The molecule has 0 aliphatic heterocycles. The highest BCUT2D eigenvalue weighted by atomic mass is 16.5. The highest BCUT2D eigenvalue weighted by Gasteiger charge is 2.31. The largest absolute Gasteiger partial charge is 0.465 e. The van der Waals surface area contributed by atoms with Gasteiger partial charge in [0.1, 0.15) is 6.04 Å². The molecule has 0 aliphatic rings. The Morgan fingerprint density at radius 1 is 1.31 bits per heavy atom. The Balaban J connectivity index is 4.65. The van der Waals surface area contributed by atoms with Gasteiger partial charge in [0.2, 0.25) is 0 Å². The Bertz CT molecular complexity index is 220. The number of rotatable bonds is 5. The van der Waals surface area contributed by atoms with Crippen LogP contribution < -0.4 is 0 Å². The number of hydrogen-bond acceptors (Lipinski definition) is 3. The molecular weight excluding hydrogens is 202 g/mol. The van der Waals surface area contributed by atoms with Crippen molar-refractivity contribution in [3.63, 3.8) is 0 Å². The van der Waals surface area contributed by atoms with Gasteiger partial charge in [0.25, 0.3) is 0 Å². The van der Waals surface area contributed by atoms with Crippen LogP contribution in [0, 0.1) is 5.41 Å². The molecule has 0 aliphatic carbocycles. The lowest BCUT2D eigenvalue weighted by atomic mass is 9.86. The maximum atomic E-state index is 11.8. The van der Waals surface area contributed by atoms with Crippen molar-refractivity contribution in [3.8, 4) is 0 Å². The quantitative estimate of drug-likeness (QED) is 0.679. The summed E-state index contributed by atoms with van der Waals surface area (Å²) in [7, 11) is 2.00. The van der Waals surface area contributed by atoms with Crippen LogP contribution in [0.2, 0.25) is 0 Å². The molecular formula is C13H27NO2. The van der Waals surface area contributed by atoms with E-state index in [9.17, 15) is 4.79 Å². The van der Waals surface area contributed by atoms with E-state index in [0.717, 1.165) is 6.42 Å². The molecule has 2 atom stereocenters. The number of hydrogen-bond donors (Lipinski definition) is 0. The highest BCUT2D eigenvalue weighted by Crippen LogP contribution is 2.25. The predicted octanol–water partition coefficient (Wildman–Crippen LogP) is 2.69. The minimum absolute atomic E-state index is 0.108. The molecule has 2 unspecified atom stereocenters. The summed E-state index contributed by atoms with van der Waals surface area (Å²) in [5.74, 6) is -0.108. The van der Waals surface area contributed by atoms with Gasteiger partial charge in [-0.2, -0.15) is 0 Å². The van der Waals surface area contributed by atoms with Crippen molar-refractivity contribution in [1.82, 2.24) is 4.90 Å². The van der Waals surface area contributed by atoms with E-state index < -0.39 is 0 Å². The molecule has 0 rings (SSSR count). The molecule has 3 heteroatoms. The second-order valence-corrected chi connectivity index (χ2v) is 5.38. The van der Waals surface area contributed by atoms with Crippen LogP contribution in [0.4, 0.5) is 0 Å². The molecule has 0 fully saturated rings. The fourth-order valence-electron chi connectivity index (χ4n) is 1.74. The average Bonchev–Trinajstić information content (AvgIpc) is 2.16. The van der Waals surface area contributed by atoms with Gasteiger partial charge in [-0.1, -0.05) is 27.7 Å². The van der Waals surface area contributed by atoms with E-state index in [1.165, 1.54) is 0 Å². The number of carbonyl (C=O) groups is 1. The fraction of sp³-hybridized carbons (Fsp3) is 0.923. The fourth-order valence-corrected chi connectivity index (χ4v) is 1.74. The van der Waals surface area contributed by atoms with Crippen molar-refractivity contribution in [1.29, 1.82) is 0 Å². The third-order valence-electron chi connectivity index (χ3n) is 3.30. The number of likely N-dealkylation sites (N-methyl/N-ethyl adjacent to an activating group) is 1. The maximum absolute atomic E-state index is 11.8. The Hall–Kier alpha value is -0.570. The smallest absolute Gasteiger partial charge is 0.323 e. The third kappa shape index (κ3) is 4.12. The van der Waals surface area contributed by atoms with Gasteiger partial charge in [0.05, 0.1) is 6.61 Å². The standard InChI is InChI=1S/C13H27NO2/c1-8-11(12(15)16-9-2)14(7)10(3)13(4,5)6/h10-11H,8-9H2,1-7H3. The number of nitrogens with zero attached hydrogens (tertiary/aromatic N) is 1. The van der Waals surface area contributed by atoms with E-state index in [-0.39, 0.29) is 17.4 Å². The van der Waals surface area contributed by atoms with Crippen molar-refractivity contribution in [2.24, 2.45) is 5.41 Å². The van der Waals surface area contributed by atoms with E-state index >= 15 is 0 Å². The summed E-state index contributed by atoms with van der Waals surface area (Å²) >= 11 is 0. The summed E-state index contributed by atoms with van der Waals surface area (Å²) in [6, 6.07) is 0.205. The lowest BCUT2D eigenvalue weighted by molar-refractivity contribution is -0.150. The molecule has 96 valence electrons. The predicted molar refractivity (Wildman–Crippen MR) is 67.4 cm³/mol. The van der Waals surface area contributed by atoms with Crippen LogP contribution in [-0.4, -0.2) is 36.6 Å². The van der Waals surface area contributed by atoms with Gasteiger partial charge in [0.15, 0.2) is 0 Å². The van der Waals surface area contributed by atoms with Crippen LogP contribution in [0.15, 0.2) is 0 Å². The first-order valence-electron chi connectivity index (χ1n) is 6.14. The summed E-state index contributed by atoms with van der Waals surface area (Å²) < 4.78 is 5.10. The minimum atomic E-state index is -0.130.